The molecule has 0 atom stereocenters. The molecule has 0 unspecified atom stereocenters. The first-order valence-electron chi connectivity index (χ1n) is 8.19. The molecular weight excluding hydrogens is 278 g/mol. The van der Waals surface area contributed by atoms with Gasteiger partial charge < -0.3 is 4.57 Å². The summed E-state index contributed by atoms with van der Waals surface area (Å²) < 4.78 is 2.43. The van der Waals surface area contributed by atoms with E-state index in [0.29, 0.717) is 0 Å². The van der Waals surface area contributed by atoms with Crippen molar-refractivity contribution in [2.75, 3.05) is 0 Å². The highest BCUT2D eigenvalue weighted by Crippen LogP contribution is 2.36. The van der Waals surface area contributed by atoms with Crippen LogP contribution in [0.2, 0.25) is 0 Å². The van der Waals surface area contributed by atoms with E-state index in [1.165, 1.54) is 43.4 Å². The van der Waals surface area contributed by atoms with Crippen molar-refractivity contribution in [3.63, 3.8) is 0 Å². The molecule has 0 saturated carbocycles. The van der Waals surface area contributed by atoms with E-state index < -0.39 is 0 Å². The molecule has 0 saturated heterocycles. The van der Waals surface area contributed by atoms with Crippen LogP contribution < -0.4 is 0 Å². The third-order valence-corrected chi connectivity index (χ3v) is 4.94. The van der Waals surface area contributed by atoms with Crippen molar-refractivity contribution in [2.24, 2.45) is 0 Å². The number of benzene rings is 4. The molecule has 5 rings (SSSR count). The minimum atomic E-state index is 0.983. The number of rotatable bonds is 1. The fraction of sp³-hybridized carbons (Fsp3) is 0.0909. The Kier molecular flexibility index (Phi) is 2.54. The summed E-state index contributed by atoms with van der Waals surface area (Å²) in [6.07, 6.45) is 0. The fourth-order valence-electron chi connectivity index (χ4n) is 3.89. The number of nitrogens with zero attached hydrogens (tertiary/aromatic N) is 1. The van der Waals surface area contributed by atoms with Gasteiger partial charge in [-0.1, -0.05) is 54.6 Å². The molecule has 1 heteroatoms. The molecule has 5 aromatic rings. The smallest absolute Gasteiger partial charge is 0.0497 e. The van der Waals surface area contributed by atoms with Crippen LogP contribution in [0.4, 0.5) is 0 Å². The highest BCUT2D eigenvalue weighted by molar-refractivity contribution is 6.22. The molecule has 0 radical (unpaired) electrons. The Morgan fingerprint density at radius 2 is 1.35 bits per heavy atom. The number of aromatic nitrogens is 1. The summed E-state index contributed by atoms with van der Waals surface area (Å²) in [5, 5.41) is 8.01. The summed E-state index contributed by atoms with van der Waals surface area (Å²) in [7, 11) is 0. The summed E-state index contributed by atoms with van der Waals surface area (Å²) in [4.78, 5) is 0. The van der Waals surface area contributed by atoms with E-state index in [0.717, 1.165) is 6.54 Å². The maximum atomic E-state index is 2.43. The van der Waals surface area contributed by atoms with Crippen LogP contribution in [0.1, 0.15) is 6.92 Å². The highest BCUT2D eigenvalue weighted by Gasteiger charge is 2.13. The van der Waals surface area contributed by atoms with Gasteiger partial charge in [0.15, 0.2) is 0 Å². The van der Waals surface area contributed by atoms with E-state index in [2.05, 4.69) is 84.3 Å². The van der Waals surface area contributed by atoms with E-state index in [4.69, 9.17) is 0 Å². The van der Waals surface area contributed by atoms with Crippen molar-refractivity contribution in [1.82, 2.24) is 4.57 Å². The Labute approximate surface area is 134 Å². The van der Waals surface area contributed by atoms with E-state index in [9.17, 15) is 0 Å². The monoisotopic (exact) mass is 295 g/mol. The lowest BCUT2D eigenvalue weighted by atomic mass is 10.0. The zero-order valence-corrected chi connectivity index (χ0v) is 13.1. The fourth-order valence-corrected chi connectivity index (χ4v) is 3.89. The van der Waals surface area contributed by atoms with Gasteiger partial charge in [-0.15, -0.1) is 0 Å². The Balaban J connectivity index is 2.11. The van der Waals surface area contributed by atoms with Crippen molar-refractivity contribution in [1.29, 1.82) is 0 Å². The van der Waals surface area contributed by atoms with E-state index in [-0.39, 0.29) is 0 Å². The maximum absolute atomic E-state index is 2.43. The van der Waals surface area contributed by atoms with Crippen molar-refractivity contribution >= 4 is 43.4 Å². The van der Waals surface area contributed by atoms with Gasteiger partial charge in [-0.3, -0.25) is 0 Å². The number of hydrogen-bond donors (Lipinski definition) is 0. The molecule has 0 N–H and O–H groups in total. The zero-order valence-electron chi connectivity index (χ0n) is 13.1. The van der Waals surface area contributed by atoms with Crippen LogP contribution in [-0.4, -0.2) is 4.57 Å². The lowest BCUT2D eigenvalue weighted by Gasteiger charge is -2.04. The lowest BCUT2D eigenvalue weighted by Crippen LogP contribution is -1.92. The third-order valence-electron chi connectivity index (χ3n) is 4.94. The minimum Gasteiger partial charge on any atom is -0.341 e. The molecule has 0 spiro atoms. The molecule has 0 aliphatic carbocycles. The van der Waals surface area contributed by atoms with E-state index in [1.807, 2.05) is 0 Å². The zero-order chi connectivity index (χ0) is 15.4. The second-order valence-corrected chi connectivity index (χ2v) is 6.14. The van der Waals surface area contributed by atoms with Gasteiger partial charge in [-0.2, -0.15) is 0 Å². The third kappa shape index (κ3) is 1.68. The molecule has 0 fully saturated rings. The molecule has 0 aliphatic rings. The summed E-state index contributed by atoms with van der Waals surface area (Å²) in [5.74, 6) is 0. The van der Waals surface area contributed by atoms with Crippen molar-refractivity contribution < 1.29 is 0 Å². The van der Waals surface area contributed by atoms with Crippen LogP contribution in [0.15, 0.2) is 72.8 Å². The van der Waals surface area contributed by atoms with Crippen molar-refractivity contribution in [3.8, 4) is 0 Å². The average molecular weight is 295 g/mol. The molecule has 1 nitrogen and oxygen atoms in total. The second-order valence-electron chi connectivity index (χ2n) is 6.14. The molecule has 0 bridgehead atoms. The predicted molar refractivity (Wildman–Crippen MR) is 100 cm³/mol. The second kappa shape index (κ2) is 4.60. The van der Waals surface area contributed by atoms with Crippen molar-refractivity contribution in [3.05, 3.63) is 72.8 Å². The summed E-state index contributed by atoms with van der Waals surface area (Å²) in [5.41, 5.74) is 2.66. The quantitative estimate of drug-likeness (QED) is 0.351. The van der Waals surface area contributed by atoms with Crippen LogP contribution in [-0.2, 0) is 6.54 Å². The van der Waals surface area contributed by atoms with Gasteiger partial charge in [-0.05, 0) is 46.7 Å². The van der Waals surface area contributed by atoms with E-state index >= 15 is 0 Å². The van der Waals surface area contributed by atoms with Crippen molar-refractivity contribution in [2.45, 2.75) is 13.5 Å². The normalized spacial score (nSPS) is 11.9. The first kappa shape index (κ1) is 12.7. The number of hydrogen-bond acceptors (Lipinski definition) is 0. The van der Waals surface area contributed by atoms with Crippen LogP contribution >= 0.6 is 0 Å². The molecular formula is C22H17N. The number of fused-ring (bicyclic) bond motifs is 6. The van der Waals surface area contributed by atoms with Gasteiger partial charge in [-0.25, -0.2) is 0 Å². The standard InChI is InChI=1S/C22H17N/c1-2-23-20-12-11-15-7-5-6-10-18(15)22(20)19-13-16-8-3-4-9-17(16)14-21(19)23/h3-14H,2H2,1H3. The van der Waals surface area contributed by atoms with Crippen LogP contribution in [0, 0.1) is 0 Å². The first-order valence-corrected chi connectivity index (χ1v) is 8.19. The first-order chi connectivity index (χ1) is 11.4. The molecule has 23 heavy (non-hydrogen) atoms. The van der Waals surface area contributed by atoms with Crippen LogP contribution in [0.25, 0.3) is 43.4 Å². The molecule has 4 aromatic carbocycles. The van der Waals surface area contributed by atoms with Gasteiger partial charge in [0.25, 0.3) is 0 Å². The predicted octanol–water partition coefficient (Wildman–Crippen LogP) is 6.12. The largest absolute Gasteiger partial charge is 0.341 e. The van der Waals surface area contributed by atoms with Gasteiger partial charge >= 0.3 is 0 Å². The Morgan fingerprint density at radius 3 is 2.13 bits per heavy atom. The van der Waals surface area contributed by atoms with Gasteiger partial charge in [0.2, 0.25) is 0 Å². The topological polar surface area (TPSA) is 4.93 Å². The van der Waals surface area contributed by atoms with Crippen LogP contribution in [0.3, 0.4) is 0 Å². The Morgan fingerprint density at radius 1 is 0.652 bits per heavy atom. The Hall–Kier alpha value is -2.80. The number of aryl methyl sites for hydroxylation is 1. The highest BCUT2D eigenvalue weighted by atomic mass is 15.0. The van der Waals surface area contributed by atoms with Gasteiger partial charge in [0, 0.05) is 28.4 Å². The summed E-state index contributed by atoms with van der Waals surface area (Å²) in [6, 6.07) is 26.5. The minimum absolute atomic E-state index is 0.983. The summed E-state index contributed by atoms with van der Waals surface area (Å²) in [6.45, 7) is 3.21. The SMILES string of the molecule is CCn1c2cc3ccccc3cc2c2c3ccccc3ccc21. The molecule has 1 heterocycles. The van der Waals surface area contributed by atoms with Gasteiger partial charge in [0.05, 0.1) is 0 Å². The summed E-state index contributed by atoms with van der Waals surface area (Å²) >= 11 is 0. The lowest BCUT2D eigenvalue weighted by molar-refractivity contribution is 0.828. The van der Waals surface area contributed by atoms with Crippen LogP contribution in [0.5, 0.6) is 0 Å². The van der Waals surface area contributed by atoms with E-state index in [1.54, 1.807) is 0 Å². The molecule has 110 valence electrons. The average Bonchev–Trinajstić information content (AvgIpc) is 2.92. The van der Waals surface area contributed by atoms with Gasteiger partial charge in [0.1, 0.15) is 0 Å². The molecule has 0 aliphatic heterocycles. The maximum Gasteiger partial charge on any atom is 0.0497 e. The molecule has 0 amide bonds. The Bertz CT molecular complexity index is 1190. The molecule has 1 aromatic heterocycles.